The number of amides is 2. The van der Waals surface area contributed by atoms with E-state index in [1.54, 1.807) is 6.92 Å². The lowest BCUT2D eigenvalue weighted by molar-refractivity contribution is -0.171. The second kappa shape index (κ2) is 9.40. The van der Waals surface area contributed by atoms with Gasteiger partial charge in [0.2, 0.25) is 5.91 Å². The predicted octanol–water partition coefficient (Wildman–Crippen LogP) is 3.92. The van der Waals surface area contributed by atoms with Crippen LogP contribution in [0.4, 0.5) is 13.6 Å². The molecule has 34 heavy (non-hydrogen) atoms. The third-order valence-corrected chi connectivity index (χ3v) is 6.43. The minimum absolute atomic E-state index is 0.0414. The van der Waals surface area contributed by atoms with Crippen LogP contribution in [0.1, 0.15) is 43.2 Å². The summed E-state index contributed by atoms with van der Waals surface area (Å²) in [6.45, 7) is 1.65. The molecule has 0 bridgehead atoms. The van der Waals surface area contributed by atoms with Crippen LogP contribution < -0.4 is 10.6 Å². The molecule has 0 aliphatic heterocycles. The van der Waals surface area contributed by atoms with Gasteiger partial charge < -0.3 is 20.5 Å². The van der Waals surface area contributed by atoms with Crippen LogP contribution in [0.2, 0.25) is 0 Å². The number of carbonyl (C=O) groups excluding carboxylic acids is 2. The molecule has 9 heteroatoms. The fraction of sp³-hybridized carbons (Fsp3) is 0.400. The van der Waals surface area contributed by atoms with Crippen LogP contribution in [0.25, 0.3) is 11.1 Å². The van der Waals surface area contributed by atoms with Gasteiger partial charge in [-0.3, -0.25) is 4.79 Å². The van der Waals surface area contributed by atoms with Crippen LogP contribution in [0.15, 0.2) is 48.5 Å². The number of carboxylic acid groups (broad SMARTS) is 1. The third kappa shape index (κ3) is 4.60. The van der Waals surface area contributed by atoms with Gasteiger partial charge in [0.15, 0.2) is 0 Å². The zero-order chi connectivity index (χ0) is 24.5. The smallest absolute Gasteiger partial charge is 0.407 e. The number of hydrogen-bond acceptors (Lipinski definition) is 4. The molecule has 0 spiro atoms. The van der Waals surface area contributed by atoms with E-state index in [1.165, 1.54) is 0 Å². The highest BCUT2D eigenvalue weighted by atomic mass is 19.3. The first kappa shape index (κ1) is 23.7. The quantitative estimate of drug-likeness (QED) is 0.513. The number of aliphatic carboxylic acids is 1. The largest absolute Gasteiger partial charge is 0.477 e. The SMILES string of the molecule is CC[C@H](NC(=O)OCC1c2ccccc2-c2ccccc21)C(=O)NC(C1CC1)C(F)(F)C(=O)O. The first-order valence-electron chi connectivity index (χ1n) is 11.3. The summed E-state index contributed by atoms with van der Waals surface area (Å²) >= 11 is 0. The number of carboxylic acids is 1. The molecule has 7 nitrogen and oxygen atoms in total. The Bertz CT molecular complexity index is 1060. The first-order valence-corrected chi connectivity index (χ1v) is 11.3. The van der Waals surface area contributed by atoms with Crippen molar-refractivity contribution in [2.24, 2.45) is 5.92 Å². The second-order valence-electron chi connectivity index (χ2n) is 8.68. The number of halogens is 2. The third-order valence-electron chi connectivity index (χ3n) is 6.43. The van der Waals surface area contributed by atoms with Gasteiger partial charge in [-0.2, -0.15) is 8.78 Å². The van der Waals surface area contributed by atoms with E-state index < -0.39 is 41.9 Å². The lowest BCUT2D eigenvalue weighted by atomic mass is 9.98. The van der Waals surface area contributed by atoms with Crippen LogP contribution in [-0.4, -0.2) is 47.7 Å². The summed E-state index contributed by atoms with van der Waals surface area (Å²) in [7, 11) is 0. The average Bonchev–Trinajstić information content (AvgIpc) is 3.61. The fourth-order valence-corrected chi connectivity index (χ4v) is 4.46. The van der Waals surface area contributed by atoms with Crippen molar-refractivity contribution in [2.75, 3.05) is 6.61 Å². The molecule has 2 aromatic carbocycles. The van der Waals surface area contributed by atoms with Gasteiger partial charge in [0, 0.05) is 5.92 Å². The van der Waals surface area contributed by atoms with Crippen molar-refractivity contribution in [1.82, 2.24) is 10.6 Å². The van der Waals surface area contributed by atoms with Crippen LogP contribution >= 0.6 is 0 Å². The fourth-order valence-electron chi connectivity index (χ4n) is 4.46. The monoisotopic (exact) mass is 472 g/mol. The topological polar surface area (TPSA) is 105 Å². The maximum atomic E-state index is 14.1. The van der Waals surface area contributed by atoms with E-state index in [1.807, 2.05) is 48.5 Å². The van der Waals surface area contributed by atoms with Crippen LogP contribution in [-0.2, 0) is 14.3 Å². The normalized spacial score (nSPS) is 16.7. The minimum Gasteiger partial charge on any atom is -0.477 e. The zero-order valence-electron chi connectivity index (χ0n) is 18.6. The molecule has 0 saturated heterocycles. The molecule has 1 fully saturated rings. The van der Waals surface area contributed by atoms with Crippen molar-refractivity contribution in [3.8, 4) is 11.1 Å². The molecule has 2 amide bonds. The van der Waals surface area contributed by atoms with E-state index in [-0.39, 0.29) is 18.9 Å². The summed E-state index contributed by atoms with van der Waals surface area (Å²) in [5, 5.41) is 13.4. The summed E-state index contributed by atoms with van der Waals surface area (Å²) in [4.78, 5) is 36.1. The van der Waals surface area contributed by atoms with Crippen molar-refractivity contribution >= 4 is 18.0 Å². The first-order chi connectivity index (χ1) is 16.2. The van der Waals surface area contributed by atoms with Crippen LogP contribution in [0, 0.1) is 5.92 Å². The van der Waals surface area contributed by atoms with E-state index in [0.29, 0.717) is 12.8 Å². The molecule has 0 radical (unpaired) electrons. The Morgan fingerprint density at radius 3 is 2.09 bits per heavy atom. The molecule has 2 atom stereocenters. The summed E-state index contributed by atoms with van der Waals surface area (Å²) in [6.07, 6.45) is 0.0813. The summed E-state index contributed by atoms with van der Waals surface area (Å²) in [5.41, 5.74) is 4.21. The van der Waals surface area contributed by atoms with E-state index in [2.05, 4.69) is 10.6 Å². The maximum absolute atomic E-state index is 14.1. The van der Waals surface area contributed by atoms with E-state index in [0.717, 1.165) is 22.3 Å². The average molecular weight is 472 g/mol. The Hall–Kier alpha value is -3.49. The number of alkyl carbamates (subject to hydrolysis) is 1. The van der Waals surface area contributed by atoms with E-state index in [4.69, 9.17) is 9.84 Å². The Morgan fingerprint density at radius 1 is 1.03 bits per heavy atom. The number of nitrogens with one attached hydrogen (secondary N) is 2. The van der Waals surface area contributed by atoms with Gasteiger partial charge in [0.25, 0.3) is 0 Å². The van der Waals surface area contributed by atoms with Gasteiger partial charge in [0.1, 0.15) is 18.7 Å². The predicted molar refractivity (Wildman–Crippen MR) is 120 cm³/mol. The molecule has 1 unspecified atom stereocenters. The van der Waals surface area contributed by atoms with E-state index >= 15 is 0 Å². The summed E-state index contributed by atoms with van der Waals surface area (Å²) in [5.74, 6) is -8.03. The Kier molecular flexibility index (Phi) is 6.54. The molecule has 2 aliphatic carbocycles. The number of rotatable bonds is 9. The number of fused-ring (bicyclic) bond motifs is 3. The summed E-state index contributed by atoms with van der Waals surface area (Å²) < 4.78 is 33.6. The van der Waals surface area contributed by atoms with Gasteiger partial charge in [-0.1, -0.05) is 55.5 Å². The second-order valence-corrected chi connectivity index (χ2v) is 8.68. The highest BCUT2D eigenvalue weighted by Gasteiger charge is 2.55. The number of benzene rings is 2. The highest BCUT2D eigenvalue weighted by Crippen LogP contribution is 2.44. The van der Waals surface area contributed by atoms with Crippen LogP contribution in [0.3, 0.4) is 0 Å². The molecule has 2 aliphatic rings. The van der Waals surface area contributed by atoms with Crippen molar-refractivity contribution in [2.45, 2.75) is 50.1 Å². The van der Waals surface area contributed by atoms with E-state index in [9.17, 15) is 23.2 Å². The molecular weight excluding hydrogens is 446 g/mol. The summed E-state index contributed by atoms with van der Waals surface area (Å²) in [6, 6.07) is 12.7. The lowest BCUT2D eigenvalue weighted by Gasteiger charge is -2.26. The zero-order valence-corrected chi connectivity index (χ0v) is 18.6. The minimum atomic E-state index is -4.10. The van der Waals surface area contributed by atoms with Gasteiger partial charge >= 0.3 is 18.0 Å². The van der Waals surface area contributed by atoms with Crippen molar-refractivity contribution in [1.29, 1.82) is 0 Å². The number of hydrogen-bond donors (Lipinski definition) is 3. The molecule has 2 aromatic rings. The Labute approximate surface area is 195 Å². The number of alkyl halides is 2. The van der Waals surface area contributed by atoms with Crippen molar-refractivity contribution < 1.29 is 33.0 Å². The standard InChI is InChI=1S/C25H26F2N2O5/c1-2-20(22(30)29-21(14-11-12-14)25(26,27)23(31)32)28-24(33)34-13-19-17-9-5-3-7-15(17)16-8-4-6-10-18(16)19/h3-10,14,19-21H,2,11-13H2,1H3,(H,28,33)(H,29,30)(H,31,32)/t20-,21?/m0/s1. The van der Waals surface area contributed by atoms with Crippen molar-refractivity contribution in [3.05, 3.63) is 59.7 Å². The molecule has 1 saturated carbocycles. The highest BCUT2D eigenvalue weighted by molar-refractivity contribution is 5.87. The van der Waals surface area contributed by atoms with Gasteiger partial charge in [-0.15, -0.1) is 0 Å². The molecular formula is C25H26F2N2O5. The molecule has 0 aromatic heterocycles. The van der Waals surface area contributed by atoms with Crippen LogP contribution in [0.5, 0.6) is 0 Å². The molecule has 0 heterocycles. The number of ether oxygens (including phenoxy) is 1. The molecule has 3 N–H and O–H groups in total. The maximum Gasteiger partial charge on any atom is 0.407 e. The Morgan fingerprint density at radius 2 is 1.59 bits per heavy atom. The molecule has 4 rings (SSSR count). The Balaban J connectivity index is 1.38. The van der Waals surface area contributed by atoms with Gasteiger partial charge in [0.05, 0.1) is 0 Å². The molecule has 180 valence electrons. The number of carbonyl (C=O) groups is 3. The van der Waals surface area contributed by atoms with Crippen molar-refractivity contribution in [3.63, 3.8) is 0 Å². The lowest BCUT2D eigenvalue weighted by Crippen LogP contribution is -2.57. The van der Waals surface area contributed by atoms with Gasteiger partial charge in [-0.05, 0) is 47.4 Å². The van der Waals surface area contributed by atoms with Gasteiger partial charge in [-0.25, -0.2) is 9.59 Å².